The lowest BCUT2D eigenvalue weighted by Gasteiger charge is -2.33. The lowest BCUT2D eigenvalue weighted by Crippen LogP contribution is -2.39. The second kappa shape index (κ2) is 5.69. The topological polar surface area (TPSA) is 29.9 Å². The highest BCUT2D eigenvalue weighted by Gasteiger charge is 2.24. The smallest absolute Gasteiger partial charge is 0.0534 e. The predicted octanol–water partition coefficient (Wildman–Crippen LogP) is 2.77. The summed E-state index contributed by atoms with van der Waals surface area (Å²) in [5.74, 6) is 0.917. The molecule has 1 heterocycles. The van der Waals surface area contributed by atoms with E-state index in [4.69, 9.17) is 0 Å². The van der Waals surface area contributed by atoms with E-state index in [9.17, 15) is 0 Å². The Morgan fingerprint density at radius 1 is 1.50 bits per heavy atom. The Morgan fingerprint density at radius 2 is 2.19 bits per heavy atom. The van der Waals surface area contributed by atoms with Gasteiger partial charge in [-0.15, -0.1) is 12.4 Å². The van der Waals surface area contributed by atoms with Gasteiger partial charge in [-0.05, 0) is 32.6 Å². The Bertz CT molecular complexity index is 316. The van der Waals surface area contributed by atoms with Gasteiger partial charge in [0.1, 0.15) is 0 Å². The minimum atomic E-state index is 0. The molecule has 4 heteroatoms. The predicted molar refractivity (Wildman–Crippen MR) is 68.9 cm³/mol. The van der Waals surface area contributed by atoms with Crippen LogP contribution in [-0.2, 0) is 6.54 Å². The van der Waals surface area contributed by atoms with Crippen molar-refractivity contribution in [3.63, 3.8) is 0 Å². The molecule has 0 radical (unpaired) electrons. The fourth-order valence-electron chi connectivity index (χ4n) is 2.08. The summed E-state index contributed by atoms with van der Waals surface area (Å²) in [4.78, 5) is 0. The molecule has 1 aromatic heterocycles. The number of halogens is 1. The van der Waals surface area contributed by atoms with Crippen molar-refractivity contribution in [2.24, 2.45) is 5.92 Å². The molecule has 1 N–H and O–H groups in total. The number of rotatable bonds is 4. The molecule has 16 heavy (non-hydrogen) atoms. The maximum Gasteiger partial charge on any atom is 0.0534 e. The van der Waals surface area contributed by atoms with E-state index >= 15 is 0 Å². The van der Waals surface area contributed by atoms with E-state index in [0.29, 0.717) is 6.04 Å². The number of hydrogen-bond donors (Lipinski definition) is 1. The third-order valence-electron chi connectivity index (χ3n) is 3.15. The van der Waals surface area contributed by atoms with Gasteiger partial charge >= 0.3 is 0 Å². The summed E-state index contributed by atoms with van der Waals surface area (Å²) in [6.07, 6.45) is 6.77. The summed E-state index contributed by atoms with van der Waals surface area (Å²) in [6.45, 7) is 7.58. The summed E-state index contributed by atoms with van der Waals surface area (Å²) in [7, 11) is 0. The van der Waals surface area contributed by atoms with Gasteiger partial charge in [-0.25, -0.2) is 0 Å². The second-order valence-electron chi connectivity index (χ2n) is 5.08. The summed E-state index contributed by atoms with van der Waals surface area (Å²) in [5, 5.41) is 7.89. The van der Waals surface area contributed by atoms with E-state index in [-0.39, 0.29) is 12.4 Å². The van der Waals surface area contributed by atoms with Crippen LogP contribution in [0.1, 0.15) is 45.2 Å². The quantitative estimate of drug-likeness (QED) is 0.882. The van der Waals surface area contributed by atoms with Crippen LogP contribution in [0.2, 0.25) is 0 Å². The van der Waals surface area contributed by atoms with Gasteiger partial charge in [0, 0.05) is 30.4 Å². The summed E-state index contributed by atoms with van der Waals surface area (Å²) in [5.41, 5.74) is 1.29. The van der Waals surface area contributed by atoms with Crippen molar-refractivity contribution >= 4 is 12.4 Å². The molecule has 3 nitrogen and oxygen atoms in total. The van der Waals surface area contributed by atoms with Crippen molar-refractivity contribution in [3.8, 4) is 0 Å². The summed E-state index contributed by atoms with van der Waals surface area (Å²) in [6, 6.07) is 1.20. The average Bonchev–Trinajstić information content (AvgIpc) is 2.59. The molecule has 1 fully saturated rings. The molecular weight excluding hydrogens is 222 g/mol. The molecule has 92 valence electrons. The second-order valence-corrected chi connectivity index (χ2v) is 5.08. The largest absolute Gasteiger partial charge is 0.310 e. The van der Waals surface area contributed by atoms with Crippen LogP contribution in [0.25, 0.3) is 0 Å². The molecule has 0 saturated heterocycles. The van der Waals surface area contributed by atoms with Crippen LogP contribution in [0.3, 0.4) is 0 Å². The van der Waals surface area contributed by atoms with Crippen LogP contribution < -0.4 is 5.32 Å². The fraction of sp³-hybridized carbons (Fsp3) is 0.750. The van der Waals surface area contributed by atoms with Crippen molar-refractivity contribution in [1.29, 1.82) is 0 Å². The standard InChI is InChI=1S/C12H21N3.ClH/c1-9(2)15-8-11(7-14-15)6-13-12-4-10(3)5-12;/h7-10,12-13H,4-6H2,1-3H3;1H. The van der Waals surface area contributed by atoms with E-state index < -0.39 is 0 Å². The summed E-state index contributed by atoms with van der Waals surface area (Å²) >= 11 is 0. The van der Waals surface area contributed by atoms with Crippen molar-refractivity contribution in [1.82, 2.24) is 15.1 Å². The molecule has 1 aromatic rings. The van der Waals surface area contributed by atoms with Gasteiger partial charge in [0.05, 0.1) is 6.20 Å². The van der Waals surface area contributed by atoms with E-state index in [1.54, 1.807) is 0 Å². The Hall–Kier alpha value is -0.540. The van der Waals surface area contributed by atoms with Crippen molar-refractivity contribution in [2.45, 2.75) is 52.2 Å². The van der Waals surface area contributed by atoms with Crippen LogP contribution in [0.4, 0.5) is 0 Å². The monoisotopic (exact) mass is 243 g/mol. The van der Waals surface area contributed by atoms with E-state index in [1.165, 1.54) is 18.4 Å². The molecule has 1 aliphatic rings. The van der Waals surface area contributed by atoms with Gasteiger partial charge in [0.25, 0.3) is 0 Å². The third-order valence-corrected chi connectivity index (χ3v) is 3.15. The van der Waals surface area contributed by atoms with E-state index in [2.05, 4.69) is 37.4 Å². The van der Waals surface area contributed by atoms with Crippen LogP contribution in [-0.4, -0.2) is 15.8 Å². The van der Waals surface area contributed by atoms with Crippen molar-refractivity contribution in [3.05, 3.63) is 18.0 Å². The zero-order valence-electron chi connectivity index (χ0n) is 10.3. The SMILES string of the molecule is CC1CC(NCc2cnn(C(C)C)c2)C1.Cl. The molecule has 0 spiro atoms. The maximum absolute atomic E-state index is 4.33. The highest BCUT2D eigenvalue weighted by Crippen LogP contribution is 2.26. The number of hydrogen-bond acceptors (Lipinski definition) is 2. The van der Waals surface area contributed by atoms with Gasteiger partial charge in [-0.3, -0.25) is 4.68 Å². The molecule has 2 rings (SSSR count). The first-order valence-corrected chi connectivity index (χ1v) is 5.91. The number of nitrogens with zero attached hydrogens (tertiary/aromatic N) is 2. The van der Waals surface area contributed by atoms with E-state index in [0.717, 1.165) is 18.5 Å². The number of aromatic nitrogens is 2. The lowest BCUT2D eigenvalue weighted by molar-refractivity contribution is 0.240. The molecule has 0 unspecified atom stereocenters. The van der Waals surface area contributed by atoms with E-state index in [1.807, 2.05) is 10.9 Å². The van der Waals surface area contributed by atoms with Gasteiger partial charge in [-0.1, -0.05) is 6.92 Å². The molecule has 0 amide bonds. The molecule has 0 bridgehead atoms. The first-order chi connectivity index (χ1) is 7.15. The van der Waals surface area contributed by atoms with Crippen molar-refractivity contribution in [2.75, 3.05) is 0 Å². The normalized spacial score (nSPS) is 24.0. The Morgan fingerprint density at radius 3 is 2.69 bits per heavy atom. The fourth-order valence-corrected chi connectivity index (χ4v) is 2.08. The summed E-state index contributed by atoms with van der Waals surface area (Å²) < 4.78 is 2.01. The van der Waals surface area contributed by atoms with Gasteiger partial charge < -0.3 is 5.32 Å². The maximum atomic E-state index is 4.33. The Kier molecular flexibility index (Phi) is 4.81. The van der Waals surface area contributed by atoms with Crippen LogP contribution in [0.15, 0.2) is 12.4 Å². The Balaban J connectivity index is 0.00000128. The highest BCUT2D eigenvalue weighted by molar-refractivity contribution is 5.85. The average molecular weight is 244 g/mol. The van der Waals surface area contributed by atoms with Gasteiger partial charge in [0.2, 0.25) is 0 Å². The molecule has 0 aromatic carbocycles. The molecule has 1 saturated carbocycles. The van der Waals surface area contributed by atoms with Crippen LogP contribution in [0.5, 0.6) is 0 Å². The zero-order valence-corrected chi connectivity index (χ0v) is 11.1. The van der Waals surface area contributed by atoms with Gasteiger partial charge in [0.15, 0.2) is 0 Å². The minimum Gasteiger partial charge on any atom is -0.310 e. The molecule has 0 atom stereocenters. The highest BCUT2D eigenvalue weighted by atomic mass is 35.5. The zero-order chi connectivity index (χ0) is 10.8. The van der Waals surface area contributed by atoms with Gasteiger partial charge in [-0.2, -0.15) is 5.10 Å². The minimum absolute atomic E-state index is 0. The Labute approximate surface area is 104 Å². The van der Waals surface area contributed by atoms with Crippen molar-refractivity contribution < 1.29 is 0 Å². The first kappa shape index (κ1) is 13.5. The molecular formula is C12H22ClN3. The number of nitrogens with one attached hydrogen (secondary N) is 1. The molecule has 1 aliphatic carbocycles. The third kappa shape index (κ3) is 3.22. The molecule has 0 aliphatic heterocycles. The lowest BCUT2D eigenvalue weighted by atomic mass is 9.82. The first-order valence-electron chi connectivity index (χ1n) is 5.91. The van der Waals surface area contributed by atoms with Crippen LogP contribution >= 0.6 is 12.4 Å². The van der Waals surface area contributed by atoms with Crippen LogP contribution in [0, 0.1) is 5.92 Å².